The van der Waals surface area contributed by atoms with Gasteiger partial charge in [-0.05, 0) is 65.0 Å². The molecule has 0 aliphatic rings. The van der Waals surface area contributed by atoms with Crippen LogP contribution in [0.5, 0.6) is 5.75 Å². The minimum absolute atomic E-state index is 0.0124. The Morgan fingerprint density at radius 2 is 1.45 bits per heavy atom. The number of hydrazone groups is 2. The molecular formula is C31H21BN4O8. The van der Waals surface area contributed by atoms with Crippen LogP contribution in [0.25, 0.3) is 11.0 Å². The molecule has 5 aromatic rings. The molecule has 0 atom stereocenters. The van der Waals surface area contributed by atoms with Gasteiger partial charge in [-0.2, -0.15) is 10.2 Å². The number of nitrogens with one attached hydrogen (secondary N) is 2. The van der Waals surface area contributed by atoms with Gasteiger partial charge in [-0.25, -0.2) is 10.9 Å². The summed E-state index contributed by atoms with van der Waals surface area (Å²) in [5, 5.41) is 36.9. The maximum atomic E-state index is 12.5. The molecule has 0 spiro atoms. The summed E-state index contributed by atoms with van der Waals surface area (Å²) in [5.74, 6) is 4.11. The highest BCUT2D eigenvalue weighted by Gasteiger charge is 2.14. The highest BCUT2D eigenvalue weighted by atomic mass is 16.4. The second kappa shape index (κ2) is 13.2. The minimum atomic E-state index is -1.83. The van der Waals surface area contributed by atoms with Crippen molar-refractivity contribution in [3.63, 3.8) is 0 Å². The summed E-state index contributed by atoms with van der Waals surface area (Å²) < 4.78 is 10.9. The molecule has 12 nitrogen and oxygen atoms in total. The van der Waals surface area contributed by atoms with E-state index < -0.39 is 24.4 Å². The first-order valence-corrected chi connectivity index (χ1v) is 12.9. The predicted molar refractivity (Wildman–Crippen MR) is 162 cm³/mol. The summed E-state index contributed by atoms with van der Waals surface area (Å²) in [6.07, 6.45) is 2.48. The first-order chi connectivity index (χ1) is 21.2. The first-order valence-electron chi connectivity index (χ1n) is 12.9. The molecule has 3 aromatic carbocycles. The molecule has 2 amide bonds. The summed E-state index contributed by atoms with van der Waals surface area (Å²) in [4.78, 5) is 37.2. The van der Waals surface area contributed by atoms with Crippen molar-refractivity contribution in [3.05, 3.63) is 129 Å². The summed E-state index contributed by atoms with van der Waals surface area (Å²) in [6, 6.07) is 21.6. The first kappa shape index (κ1) is 29.3. The van der Waals surface area contributed by atoms with Gasteiger partial charge in [0.25, 0.3) is 0 Å². The van der Waals surface area contributed by atoms with Crippen LogP contribution in [0.2, 0.25) is 0 Å². The fourth-order valence-corrected chi connectivity index (χ4v) is 3.88. The van der Waals surface area contributed by atoms with Gasteiger partial charge in [0.2, 0.25) is 0 Å². The Bertz CT molecular complexity index is 2040. The molecule has 0 saturated heterocycles. The third-order valence-electron chi connectivity index (χ3n) is 5.93. The molecule has 0 aliphatic heterocycles. The van der Waals surface area contributed by atoms with Crippen LogP contribution in [0.3, 0.4) is 0 Å². The van der Waals surface area contributed by atoms with Gasteiger partial charge >= 0.3 is 18.9 Å². The lowest BCUT2D eigenvalue weighted by Gasteiger charge is -2.05. The number of fused-ring (bicyclic) bond motifs is 1. The summed E-state index contributed by atoms with van der Waals surface area (Å²) in [5.41, 5.74) is 5.65. The molecule has 0 bridgehead atoms. The number of phenolic OH excluding ortho intramolecular Hbond substituents is 1. The molecule has 2 heterocycles. The van der Waals surface area contributed by atoms with Crippen molar-refractivity contribution < 1.29 is 33.6 Å². The van der Waals surface area contributed by atoms with E-state index in [1.54, 1.807) is 12.1 Å². The van der Waals surface area contributed by atoms with E-state index in [-0.39, 0.29) is 33.7 Å². The fraction of sp³-hybridized carbons (Fsp3) is 0. The number of nitrogens with zero attached hydrogens (tertiary/aromatic N) is 2. The largest absolute Gasteiger partial charge is 0.508 e. The van der Waals surface area contributed by atoms with Gasteiger partial charge in [0.1, 0.15) is 11.3 Å². The number of aromatic hydroxyl groups is 1. The van der Waals surface area contributed by atoms with Crippen molar-refractivity contribution in [3.8, 4) is 17.6 Å². The van der Waals surface area contributed by atoms with Crippen molar-refractivity contribution in [1.29, 1.82) is 0 Å². The zero-order chi connectivity index (χ0) is 31.1. The molecule has 0 saturated carbocycles. The quantitative estimate of drug-likeness (QED) is 0.0823. The number of phenols is 1. The highest BCUT2D eigenvalue weighted by Crippen LogP contribution is 2.18. The van der Waals surface area contributed by atoms with Crippen LogP contribution in [0, 0.1) is 11.8 Å². The average Bonchev–Trinajstić information content (AvgIpc) is 3.49. The summed E-state index contributed by atoms with van der Waals surface area (Å²) in [6.45, 7) is 0. The monoisotopic (exact) mass is 588 g/mol. The van der Waals surface area contributed by atoms with Crippen LogP contribution in [0.4, 0.5) is 0 Å². The molecule has 44 heavy (non-hydrogen) atoms. The van der Waals surface area contributed by atoms with Crippen LogP contribution in [-0.2, 0) is 0 Å². The van der Waals surface area contributed by atoms with E-state index in [0.29, 0.717) is 16.9 Å². The van der Waals surface area contributed by atoms with Crippen molar-refractivity contribution in [1.82, 2.24) is 10.9 Å². The smallest absolute Gasteiger partial charge is 0.488 e. The van der Waals surface area contributed by atoms with Gasteiger partial charge in [-0.1, -0.05) is 36.3 Å². The molecule has 216 valence electrons. The van der Waals surface area contributed by atoms with Crippen LogP contribution in [0.1, 0.15) is 43.6 Å². The van der Waals surface area contributed by atoms with Crippen molar-refractivity contribution in [2.75, 3.05) is 0 Å². The normalized spacial score (nSPS) is 11.0. The SMILES string of the molecule is O=C(N/N=C/c1cc(/C=N/NC(=O)c2cc(=O)c3ccc(O)cc3o2)cc(B(O)O)c1)c1ccc(C#Cc2ccccc2)o1. The second-order valence-corrected chi connectivity index (χ2v) is 9.14. The maximum absolute atomic E-state index is 12.5. The highest BCUT2D eigenvalue weighted by molar-refractivity contribution is 6.58. The molecule has 0 aliphatic carbocycles. The van der Waals surface area contributed by atoms with Crippen LogP contribution in [-0.4, -0.2) is 46.5 Å². The average molecular weight is 588 g/mol. The van der Waals surface area contributed by atoms with Crippen molar-refractivity contribution in [2.24, 2.45) is 10.2 Å². The van der Waals surface area contributed by atoms with E-state index in [1.807, 2.05) is 30.3 Å². The van der Waals surface area contributed by atoms with Gasteiger partial charge in [0.05, 0.1) is 17.8 Å². The van der Waals surface area contributed by atoms with Crippen LogP contribution < -0.4 is 21.7 Å². The topological polar surface area (TPSA) is 187 Å². The van der Waals surface area contributed by atoms with E-state index in [4.69, 9.17) is 8.83 Å². The minimum Gasteiger partial charge on any atom is -0.508 e. The number of rotatable bonds is 7. The van der Waals surface area contributed by atoms with E-state index in [1.165, 1.54) is 48.8 Å². The number of amides is 2. The number of hydrogen-bond donors (Lipinski definition) is 5. The van der Waals surface area contributed by atoms with E-state index in [2.05, 4.69) is 32.9 Å². The lowest BCUT2D eigenvalue weighted by molar-refractivity contribution is 0.0920. The summed E-state index contributed by atoms with van der Waals surface area (Å²) in [7, 11) is -1.83. The molecule has 0 fully saturated rings. The van der Waals surface area contributed by atoms with Gasteiger partial charge in [0.15, 0.2) is 22.7 Å². The number of benzene rings is 3. The number of hydrogen-bond acceptors (Lipinski definition) is 10. The standard InChI is InChI=1S/C31H21BN4O8/c37-23-7-10-25-26(38)16-29(44-28(25)15-23)31(40)36-34-18-21-12-20(13-22(14-21)32(41)42)17-33-35-30(39)27-11-9-24(43-27)8-6-19-4-2-1-3-5-19/h1-5,7,9-18,37,41-42H,(H,35,39)(H,36,40)/b33-17+,34-18+. The number of carbonyl (C=O) groups excluding carboxylic acids is 2. The number of furan rings is 1. The Balaban J connectivity index is 1.24. The summed E-state index contributed by atoms with van der Waals surface area (Å²) >= 11 is 0. The maximum Gasteiger partial charge on any atom is 0.488 e. The van der Waals surface area contributed by atoms with Crippen molar-refractivity contribution >= 4 is 47.8 Å². The van der Waals surface area contributed by atoms with Crippen LogP contribution in [0.15, 0.2) is 109 Å². The molecular weight excluding hydrogens is 567 g/mol. The molecule has 0 radical (unpaired) electrons. The predicted octanol–water partition coefficient (Wildman–Crippen LogP) is 1.70. The molecule has 5 rings (SSSR count). The Morgan fingerprint density at radius 1 is 0.773 bits per heavy atom. The molecule has 5 N–H and O–H groups in total. The Labute approximate surface area is 249 Å². The van der Waals surface area contributed by atoms with E-state index in [0.717, 1.165) is 11.6 Å². The molecule has 2 aromatic heterocycles. The Hall–Kier alpha value is -6.23. The zero-order valence-corrected chi connectivity index (χ0v) is 22.6. The fourth-order valence-electron chi connectivity index (χ4n) is 3.88. The molecule has 13 heteroatoms. The van der Waals surface area contributed by atoms with E-state index in [9.17, 15) is 29.5 Å². The third-order valence-corrected chi connectivity index (χ3v) is 5.93. The van der Waals surface area contributed by atoms with Gasteiger partial charge in [-0.15, -0.1) is 0 Å². The van der Waals surface area contributed by atoms with Crippen LogP contribution >= 0.6 is 0 Å². The van der Waals surface area contributed by atoms with E-state index >= 15 is 0 Å². The lowest BCUT2D eigenvalue weighted by atomic mass is 9.79. The lowest BCUT2D eigenvalue weighted by Crippen LogP contribution is -2.30. The zero-order valence-electron chi connectivity index (χ0n) is 22.6. The van der Waals surface area contributed by atoms with Crippen molar-refractivity contribution in [2.45, 2.75) is 0 Å². The Kier molecular flexibility index (Phi) is 8.76. The van der Waals surface area contributed by atoms with Gasteiger partial charge < -0.3 is 24.0 Å². The Morgan fingerprint density at radius 3 is 2.14 bits per heavy atom. The van der Waals surface area contributed by atoms with Gasteiger partial charge in [0, 0.05) is 17.7 Å². The number of carbonyl (C=O) groups is 2. The third kappa shape index (κ3) is 7.34. The molecule has 0 unspecified atom stereocenters. The second-order valence-electron chi connectivity index (χ2n) is 9.14. The van der Waals surface area contributed by atoms with Gasteiger partial charge in [-0.3, -0.25) is 14.4 Å².